The molecule has 4 nitrogen and oxygen atoms in total. The zero-order chi connectivity index (χ0) is 13.0. The van der Waals surface area contributed by atoms with Gasteiger partial charge >= 0.3 is 5.97 Å². The van der Waals surface area contributed by atoms with Crippen molar-refractivity contribution < 1.29 is 9.90 Å². The smallest absolute Gasteiger partial charge is 0.303 e. The van der Waals surface area contributed by atoms with Crippen LogP contribution in [0.4, 0.5) is 0 Å². The summed E-state index contributed by atoms with van der Waals surface area (Å²) in [4.78, 5) is 13.1. The van der Waals surface area contributed by atoms with Crippen molar-refractivity contribution in [1.29, 1.82) is 0 Å². The van der Waals surface area contributed by atoms with Gasteiger partial charge in [-0.15, -0.1) is 0 Å². The lowest BCUT2D eigenvalue weighted by atomic mass is 9.90. The summed E-state index contributed by atoms with van der Waals surface area (Å²) >= 11 is 0. The van der Waals surface area contributed by atoms with Crippen molar-refractivity contribution in [2.24, 2.45) is 11.8 Å². The molecule has 1 saturated heterocycles. The average Bonchev–Trinajstić information content (AvgIpc) is 3.17. The molecule has 1 aliphatic heterocycles. The minimum absolute atomic E-state index is 0.317. The van der Waals surface area contributed by atoms with Crippen molar-refractivity contribution in [2.45, 2.75) is 45.1 Å². The van der Waals surface area contributed by atoms with E-state index in [2.05, 4.69) is 17.1 Å². The Balaban J connectivity index is 1.76. The standard InChI is InChI=1S/C14H26N2O2/c1-2-16-9-12(5-6-14(17)18)7-13(10-16)15-8-11-3-4-11/h11-13,15H,2-10H2,1H3,(H,17,18). The first kappa shape index (κ1) is 13.8. The molecular formula is C14H26N2O2. The largest absolute Gasteiger partial charge is 0.481 e. The molecule has 1 saturated carbocycles. The van der Waals surface area contributed by atoms with Crippen LogP contribution in [0.15, 0.2) is 0 Å². The van der Waals surface area contributed by atoms with E-state index in [1.165, 1.54) is 12.8 Å². The molecule has 4 heteroatoms. The Labute approximate surface area is 110 Å². The van der Waals surface area contributed by atoms with Gasteiger partial charge < -0.3 is 15.3 Å². The van der Waals surface area contributed by atoms with Gasteiger partial charge in [0.05, 0.1) is 0 Å². The number of carbonyl (C=O) groups is 1. The monoisotopic (exact) mass is 254 g/mol. The number of likely N-dealkylation sites (N-methyl/N-ethyl adjacent to an activating group) is 1. The van der Waals surface area contributed by atoms with Crippen LogP contribution in [-0.2, 0) is 4.79 Å². The van der Waals surface area contributed by atoms with E-state index in [4.69, 9.17) is 5.11 Å². The highest BCUT2D eigenvalue weighted by atomic mass is 16.4. The van der Waals surface area contributed by atoms with E-state index in [0.717, 1.165) is 44.9 Å². The molecule has 2 unspecified atom stereocenters. The molecule has 0 aromatic heterocycles. The number of aliphatic carboxylic acids is 1. The zero-order valence-corrected chi connectivity index (χ0v) is 11.4. The highest BCUT2D eigenvalue weighted by Gasteiger charge is 2.28. The number of hydrogen-bond donors (Lipinski definition) is 2. The van der Waals surface area contributed by atoms with E-state index >= 15 is 0 Å². The van der Waals surface area contributed by atoms with Crippen molar-refractivity contribution in [3.05, 3.63) is 0 Å². The van der Waals surface area contributed by atoms with Crippen LogP contribution in [-0.4, -0.2) is 48.2 Å². The summed E-state index contributed by atoms with van der Waals surface area (Å²) in [5, 5.41) is 12.5. The number of rotatable bonds is 7. The molecule has 0 amide bonds. The van der Waals surface area contributed by atoms with Gasteiger partial charge in [0.2, 0.25) is 0 Å². The first-order chi connectivity index (χ1) is 8.67. The molecule has 0 spiro atoms. The maximum Gasteiger partial charge on any atom is 0.303 e. The molecule has 2 N–H and O–H groups in total. The van der Waals surface area contributed by atoms with E-state index in [0.29, 0.717) is 18.4 Å². The normalized spacial score (nSPS) is 29.4. The molecule has 0 radical (unpaired) electrons. The van der Waals surface area contributed by atoms with Crippen LogP contribution < -0.4 is 5.32 Å². The minimum atomic E-state index is -0.661. The zero-order valence-electron chi connectivity index (χ0n) is 11.4. The van der Waals surface area contributed by atoms with Gasteiger partial charge in [-0.1, -0.05) is 6.92 Å². The molecule has 2 atom stereocenters. The Hall–Kier alpha value is -0.610. The van der Waals surface area contributed by atoms with Crippen LogP contribution in [0.25, 0.3) is 0 Å². The second-order valence-electron chi connectivity index (χ2n) is 5.93. The number of carboxylic acid groups (broad SMARTS) is 1. The molecule has 2 rings (SSSR count). The van der Waals surface area contributed by atoms with Gasteiger partial charge in [-0.3, -0.25) is 4.79 Å². The van der Waals surface area contributed by atoms with Crippen molar-refractivity contribution in [1.82, 2.24) is 10.2 Å². The summed E-state index contributed by atoms with van der Waals surface area (Å²) in [5.74, 6) is 0.803. The SMILES string of the molecule is CCN1CC(CCC(=O)O)CC(NCC2CC2)C1. The molecule has 2 fully saturated rings. The molecule has 1 aliphatic carbocycles. The molecular weight excluding hydrogens is 228 g/mol. The molecule has 18 heavy (non-hydrogen) atoms. The van der Waals surface area contributed by atoms with Crippen LogP contribution in [0.1, 0.15) is 39.0 Å². The van der Waals surface area contributed by atoms with Gasteiger partial charge in [0.25, 0.3) is 0 Å². The number of piperidine rings is 1. The number of likely N-dealkylation sites (tertiary alicyclic amines) is 1. The van der Waals surface area contributed by atoms with E-state index in [9.17, 15) is 4.79 Å². The first-order valence-electron chi connectivity index (χ1n) is 7.35. The molecule has 104 valence electrons. The Kier molecular flexibility index (Phi) is 5.01. The van der Waals surface area contributed by atoms with Gasteiger partial charge in [-0.25, -0.2) is 0 Å². The van der Waals surface area contributed by atoms with Crippen LogP contribution in [0.5, 0.6) is 0 Å². The summed E-state index contributed by atoms with van der Waals surface area (Å²) in [6, 6.07) is 0.568. The Morgan fingerprint density at radius 3 is 2.72 bits per heavy atom. The number of nitrogens with zero attached hydrogens (tertiary/aromatic N) is 1. The molecule has 0 aromatic rings. The minimum Gasteiger partial charge on any atom is -0.481 e. The predicted octanol–water partition coefficient (Wildman–Crippen LogP) is 1.56. The Bertz CT molecular complexity index is 279. The van der Waals surface area contributed by atoms with Crippen LogP contribution in [0, 0.1) is 11.8 Å². The van der Waals surface area contributed by atoms with Crippen molar-refractivity contribution in [3.8, 4) is 0 Å². The fourth-order valence-electron chi connectivity index (χ4n) is 2.90. The van der Waals surface area contributed by atoms with E-state index in [-0.39, 0.29) is 0 Å². The van der Waals surface area contributed by atoms with E-state index in [1.54, 1.807) is 0 Å². The number of hydrogen-bond acceptors (Lipinski definition) is 3. The maximum atomic E-state index is 10.7. The third-order valence-electron chi connectivity index (χ3n) is 4.22. The lowest BCUT2D eigenvalue weighted by Crippen LogP contribution is -2.49. The van der Waals surface area contributed by atoms with Crippen LogP contribution >= 0.6 is 0 Å². The molecule has 1 heterocycles. The second kappa shape index (κ2) is 6.53. The summed E-state index contributed by atoms with van der Waals surface area (Å²) in [6.45, 7) is 6.63. The van der Waals surface area contributed by atoms with Crippen LogP contribution in [0.3, 0.4) is 0 Å². The topological polar surface area (TPSA) is 52.6 Å². The first-order valence-corrected chi connectivity index (χ1v) is 7.35. The van der Waals surface area contributed by atoms with Crippen LogP contribution in [0.2, 0.25) is 0 Å². The third-order valence-corrected chi connectivity index (χ3v) is 4.22. The Morgan fingerprint density at radius 1 is 1.33 bits per heavy atom. The molecule has 0 bridgehead atoms. The van der Waals surface area contributed by atoms with E-state index in [1.807, 2.05) is 0 Å². The molecule has 2 aliphatic rings. The summed E-state index contributed by atoms with van der Waals surface area (Å²) in [7, 11) is 0. The predicted molar refractivity (Wildman–Crippen MR) is 71.6 cm³/mol. The fraction of sp³-hybridized carbons (Fsp3) is 0.929. The van der Waals surface area contributed by atoms with E-state index < -0.39 is 5.97 Å². The summed E-state index contributed by atoms with van der Waals surface area (Å²) in [5.41, 5.74) is 0. The van der Waals surface area contributed by atoms with Crippen molar-refractivity contribution >= 4 is 5.97 Å². The summed E-state index contributed by atoms with van der Waals surface area (Å²) < 4.78 is 0. The average molecular weight is 254 g/mol. The Morgan fingerprint density at radius 2 is 2.11 bits per heavy atom. The second-order valence-corrected chi connectivity index (χ2v) is 5.93. The maximum absolute atomic E-state index is 10.7. The van der Waals surface area contributed by atoms with Gasteiger partial charge in [0.15, 0.2) is 0 Å². The van der Waals surface area contributed by atoms with Gasteiger partial charge in [0.1, 0.15) is 0 Å². The fourth-order valence-corrected chi connectivity index (χ4v) is 2.90. The summed E-state index contributed by atoms with van der Waals surface area (Å²) in [6.07, 6.45) is 5.07. The lowest BCUT2D eigenvalue weighted by molar-refractivity contribution is -0.137. The lowest BCUT2D eigenvalue weighted by Gasteiger charge is -2.37. The quantitative estimate of drug-likeness (QED) is 0.724. The highest BCUT2D eigenvalue weighted by molar-refractivity contribution is 5.66. The molecule has 0 aromatic carbocycles. The third kappa shape index (κ3) is 4.58. The highest BCUT2D eigenvalue weighted by Crippen LogP contribution is 2.28. The number of carboxylic acids is 1. The van der Waals surface area contributed by atoms with Gasteiger partial charge in [-0.05, 0) is 50.6 Å². The van der Waals surface area contributed by atoms with Gasteiger partial charge in [0, 0.05) is 25.6 Å². The van der Waals surface area contributed by atoms with Gasteiger partial charge in [-0.2, -0.15) is 0 Å². The van der Waals surface area contributed by atoms with Crippen molar-refractivity contribution in [3.63, 3.8) is 0 Å². The van der Waals surface area contributed by atoms with Crippen molar-refractivity contribution in [2.75, 3.05) is 26.2 Å². The number of nitrogens with one attached hydrogen (secondary N) is 1.